The zero-order valence-electron chi connectivity index (χ0n) is 27.6. The number of hydrogen-bond acceptors (Lipinski definition) is 7. The summed E-state index contributed by atoms with van der Waals surface area (Å²) in [6.07, 6.45) is 8.95. The first-order chi connectivity index (χ1) is 24.2. The molecule has 3 aromatic carbocycles. The predicted octanol–water partition coefficient (Wildman–Crippen LogP) is 6.85. The van der Waals surface area contributed by atoms with Crippen LogP contribution in [0.15, 0.2) is 65.2 Å². The summed E-state index contributed by atoms with van der Waals surface area (Å²) in [6.45, 7) is 1.13. The number of rotatable bonds is 6. The van der Waals surface area contributed by atoms with Crippen LogP contribution in [0.2, 0.25) is 0 Å². The van der Waals surface area contributed by atoms with Crippen LogP contribution in [-0.4, -0.2) is 52.2 Å². The number of carbonyl (C=O) groups excluding carboxylic acids is 1. The van der Waals surface area contributed by atoms with Crippen molar-refractivity contribution >= 4 is 17.6 Å². The van der Waals surface area contributed by atoms with Gasteiger partial charge in [-0.25, -0.2) is 8.78 Å². The van der Waals surface area contributed by atoms with Gasteiger partial charge in [-0.2, -0.15) is 5.26 Å². The van der Waals surface area contributed by atoms with Gasteiger partial charge < -0.3 is 20.7 Å². The fourth-order valence-corrected chi connectivity index (χ4v) is 8.07. The maximum Gasteiger partial charge on any atom is 0.309 e. The number of nitrogens with one attached hydrogen (secondary N) is 1. The summed E-state index contributed by atoms with van der Waals surface area (Å²) >= 11 is 0. The molecule has 4 aromatic rings. The van der Waals surface area contributed by atoms with Crippen LogP contribution in [0.25, 0.3) is 22.5 Å². The van der Waals surface area contributed by atoms with Gasteiger partial charge in [0.2, 0.25) is 0 Å². The Morgan fingerprint density at radius 3 is 2.46 bits per heavy atom. The van der Waals surface area contributed by atoms with Crippen LogP contribution in [-0.2, 0) is 16.6 Å². The van der Waals surface area contributed by atoms with E-state index in [1.165, 1.54) is 47.2 Å². The van der Waals surface area contributed by atoms with E-state index < -0.39 is 35.5 Å². The lowest BCUT2D eigenvalue weighted by atomic mass is 9.64. The molecule has 11 heteroatoms. The minimum absolute atomic E-state index is 0.0107. The lowest BCUT2D eigenvalue weighted by Crippen LogP contribution is -2.55. The Morgan fingerprint density at radius 2 is 1.76 bits per heavy atom. The van der Waals surface area contributed by atoms with Crippen molar-refractivity contribution in [1.82, 2.24) is 15.4 Å². The second kappa shape index (κ2) is 13.7. The van der Waals surface area contributed by atoms with Crippen molar-refractivity contribution in [1.29, 1.82) is 5.26 Å². The number of piperidine rings is 1. The molecule has 4 aliphatic rings. The molecule has 1 saturated heterocycles. The highest BCUT2D eigenvalue weighted by molar-refractivity contribution is 5.93. The zero-order valence-corrected chi connectivity index (χ0v) is 27.6. The summed E-state index contributed by atoms with van der Waals surface area (Å²) in [5.74, 6) is -3.82. The molecule has 1 aromatic heterocycles. The maximum atomic E-state index is 13.9. The Hall–Kier alpha value is -5.08. The molecular formula is C39H39F2N5O4. The summed E-state index contributed by atoms with van der Waals surface area (Å²) in [7, 11) is 0. The summed E-state index contributed by atoms with van der Waals surface area (Å²) in [5, 5.41) is 25.6. The van der Waals surface area contributed by atoms with E-state index in [4.69, 9.17) is 10.3 Å². The normalized spacial score (nSPS) is 20.8. The van der Waals surface area contributed by atoms with Crippen molar-refractivity contribution < 1.29 is 28.0 Å². The fourth-order valence-electron chi connectivity index (χ4n) is 8.07. The Balaban J connectivity index is 0.000000169. The van der Waals surface area contributed by atoms with Crippen molar-refractivity contribution in [2.24, 2.45) is 5.92 Å². The van der Waals surface area contributed by atoms with Crippen LogP contribution in [0.1, 0.15) is 78.5 Å². The van der Waals surface area contributed by atoms with E-state index >= 15 is 0 Å². The second-order valence-electron chi connectivity index (χ2n) is 13.9. The average molecular weight is 680 g/mol. The van der Waals surface area contributed by atoms with Crippen LogP contribution < -0.4 is 11.1 Å². The maximum absolute atomic E-state index is 13.9. The van der Waals surface area contributed by atoms with Gasteiger partial charge in [0, 0.05) is 49.4 Å². The fraction of sp³-hybridized carbons (Fsp3) is 0.385. The number of nitrogens with two attached hydrogens (primary N) is 1. The van der Waals surface area contributed by atoms with Crippen LogP contribution in [0.5, 0.6) is 0 Å². The standard InChI is InChI=1S/C21H23F2N3O4.C18H16N2/c22-12-5-6-14(16(23)9-12)19-10-18(25-30-19)20(27)24-17-7-8-26(11-15(17)21(28)29)13-3-1-2-4-13;19-11-18(8-3-9-18)16-7-6-14-13-5-2-1-4-12(13)10-15(14)17(16)20/h5-6,9-10,13,15,17H,1-4,7-8,11H2,(H,24,27)(H,28,29);1-2,4-7H,3,8-10,20H2/t15-,17-;/m0./s1. The number of carboxylic acids is 1. The molecular weight excluding hydrogens is 640 g/mol. The van der Waals surface area contributed by atoms with Crippen LogP contribution in [0, 0.1) is 28.9 Å². The molecule has 0 unspecified atom stereocenters. The van der Waals surface area contributed by atoms with Gasteiger partial charge in [0.05, 0.1) is 23.0 Å². The minimum Gasteiger partial charge on any atom is -0.481 e. The number of hydrogen-bond donors (Lipinski definition) is 3. The number of fused-ring (bicyclic) bond motifs is 3. The van der Waals surface area contributed by atoms with Crippen LogP contribution in [0.4, 0.5) is 14.5 Å². The summed E-state index contributed by atoms with van der Waals surface area (Å²) < 4.78 is 32.1. The lowest BCUT2D eigenvalue weighted by molar-refractivity contribution is -0.145. The number of benzene rings is 3. The molecule has 2 atom stereocenters. The highest BCUT2D eigenvalue weighted by Gasteiger charge is 2.42. The van der Waals surface area contributed by atoms with Gasteiger partial charge in [-0.15, -0.1) is 0 Å². The van der Waals surface area contributed by atoms with E-state index in [9.17, 15) is 28.7 Å². The summed E-state index contributed by atoms with van der Waals surface area (Å²) in [6, 6.07) is 19.4. The van der Waals surface area contributed by atoms with Gasteiger partial charge in [-0.3, -0.25) is 14.5 Å². The molecule has 3 fully saturated rings. The van der Waals surface area contributed by atoms with E-state index in [-0.39, 0.29) is 22.4 Å². The number of carboxylic acid groups (broad SMARTS) is 1. The smallest absolute Gasteiger partial charge is 0.309 e. The number of amides is 1. The molecule has 8 rings (SSSR count). The molecule has 4 N–H and O–H groups in total. The largest absolute Gasteiger partial charge is 0.481 e. The van der Waals surface area contributed by atoms with E-state index in [1.807, 2.05) is 0 Å². The van der Waals surface area contributed by atoms with Gasteiger partial charge in [0.1, 0.15) is 11.6 Å². The quantitative estimate of drug-likeness (QED) is 0.165. The molecule has 2 heterocycles. The average Bonchev–Trinajstić information content (AvgIpc) is 3.87. The van der Waals surface area contributed by atoms with Crippen molar-refractivity contribution in [3.05, 3.63) is 94.7 Å². The Kier molecular flexibility index (Phi) is 9.14. The number of halogens is 2. The molecule has 2 saturated carbocycles. The highest BCUT2D eigenvalue weighted by atomic mass is 19.1. The summed E-state index contributed by atoms with van der Waals surface area (Å²) in [4.78, 5) is 26.6. The van der Waals surface area contributed by atoms with Crippen molar-refractivity contribution in [3.8, 4) is 28.5 Å². The molecule has 1 aliphatic heterocycles. The third-order valence-electron chi connectivity index (χ3n) is 11.0. The first-order valence-electron chi connectivity index (χ1n) is 17.3. The minimum atomic E-state index is -0.947. The number of nitrogens with zero attached hydrogens (tertiary/aromatic N) is 3. The highest BCUT2D eigenvalue weighted by Crippen LogP contribution is 2.49. The second-order valence-corrected chi connectivity index (χ2v) is 13.9. The number of nitrogen functional groups attached to an aromatic ring is 1. The van der Waals surface area contributed by atoms with Gasteiger partial charge in [-0.1, -0.05) is 54.4 Å². The third-order valence-corrected chi connectivity index (χ3v) is 11.0. The third kappa shape index (κ3) is 6.24. The molecule has 9 nitrogen and oxygen atoms in total. The van der Waals surface area contributed by atoms with Gasteiger partial charge in [-0.05, 0) is 78.5 Å². The SMILES string of the molecule is N#CC1(c2ccc3c(c2N)Cc2ccccc2-3)CCC1.O=C(N[C@H]1CCN(C2CCCC2)C[C@@H]1C(=O)O)c1cc(-c2ccc(F)cc2F)on1. The zero-order chi connectivity index (χ0) is 35.0. The number of aromatic nitrogens is 1. The first-order valence-corrected chi connectivity index (χ1v) is 17.3. The van der Waals surface area contributed by atoms with Crippen molar-refractivity contribution in [3.63, 3.8) is 0 Å². The van der Waals surface area contributed by atoms with E-state index in [0.29, 0.717) is 25.1 Å². The lowest BCUT2D eigenvalue weighted by Gasteiger charge is -2.39. The molecule has 3 aliphatic carbocycles. The molecule has 258 valence electrons. The van der Waals surface area contributed by atoms with E-state index in [1.54, 1.807) is 0 Å². The molecule has 1 amide bonds. The Labute approximate surface area is 289 Å². The predicted molar refractivity (Wildman–Crippen MR) is 183 cm³/mol. The molecule has 0 spiro atoms. The first kappa shape index (κ1) is 33.4. The van der Waals surface area contributed by atoms with Crippen molar-refractivity contribution in [2.75, 3.05) is 18.8 Å². The number of nitriles is 1. The topological polar surface area (TPSA) is 145 Å². The molecule has 0 radical (unpaired) electrons. The monoisotopic (exact) mass is 679 g/mol. The van der Waals surface area contributed by atoms with Crippen LogP contribution >= 0.6 is 0 Å². The van der Waals surface area contributed by atoms with Gasteiger partial charge >= 0.3 is 5.97 Å². The summed E-state index contributed by atoms with van der Waals surface area (Å²) in [5.41, 5.74) is 13.0. The van der Waals surface area contributed by atoms with Crippen molar-refractivity contribution in [2.45, 2.75) is 75.3 Å². The number of carbonyl (C=O) groups is 2. The van der Waals surface area contributed by atoms with Gasteiger partial charge in [0.15, 0.2) is 11.5 Å². The van der Waals surface area contributed by atoms with Gasteiger partial charge in [0.25, 0.3) is 5.91 Å². The van der Waals surface area contributed by atoms with E-state index in [2.05, 4.69) is 57.8 Å². The molecule has 50 heavy (non-hydrogen) atoms. The molecule has 0 bridgehead atoms. The number of likely N-dealkylation sites (tertiary alicyclic amines) is 1. The number of aliphatic carboxylic acids is 1. The Bertz CT molecular complexity index is 1980. The number of anilines is 1. The Morgan fingerprint density at radius 1 is 1.00 bits per heavy atom. The van der Waals surface area contributed by atoms with E-state index in [0.717, 1.165) is 62.4 Å². The van der Waals surface area contributed by atoms with Crippen LogP contribution in [0.3, 0.4) is 0 Å².